The lowest BCUT2D eigenvalue weighted by atomic mass is 10.2. The Morgan fingerprint density at radius 2 is 2.00 bits per heavy atom. The summed E-state index contributed by atoms with van der Waals surface area (Å²) in [7, 11) is 0. The van der Waals surface area contributed by atoms with E-state index in [4.69, 9.17) is 13.9 Å². The van der Waals surface area contributed by atoms with E-state index in [0.29, 0.717) is 5.39 Å². The molecular formula is C16H14O6. The van der Waals surface area contributed by atoms with Crippen LogP contribution in [0, 0.1) is 0 Å². The number of carbonyl (C=O) groups excluding carboxylic acids is 2. The second kappa shape index (κ2) is 6.26. The molecule has 22 heavy (non-hydrogen) atoms. The van der Waals surface area contributed by atoms with E-state index in [-0.39, 0.29) is 29.1 Å². The number of carbonyl (C=O) groups is 2. The van der Waals surface area contributed by atoms with Crippen molar-refractivity contribution < 1.29 is 23.5 Å². The number of hydrogen-bond donors (Lipinski definition) is 0. The third kappa shape index (κ3) is 3.22. The Morgan fingerprint density at radius 3 is 2.64 bits per heavy atom. The number of esters is 2. The van der Waals surface area contributed by atoms with Gasteiger partial charge in [0.15, 0.2) is 0 Å². The molecule has 0 aliphatic rings. The largest absolute Gasteiger partial charge is 0.462 e. The van der Waals surface area contributed by atoms with Crippen molar-refractivity contribution in [3.63, 3.8) is 0 Å². The van der Waals surface area contributed by atoms with Crippen LogP contribution in [0.5, 0.6) is 5.75 Å². The van der Waals surface area contributed by atoms with E-state index in [2.05, 4.69) is 6.58 Å². The number of hydrogen-bond acceptors (Lipinski definition) is 6. The van der Waals surface area contributed by atoms with Crippen molar-refractivity contribution in [1.29, 1.82) is 0 Å². The van der Waals surface area contributed by atoms with Gasteiger partial charge in [-0.05, 0) is 32.0 Å². The maximum atomic E-state index is 11.8. The molecule has 0 spiro atoms. The molecule has 6 nitrogen and oxygen atoms in total. The Balaban J connectivity index is 2.41. The van der Waals surface area contributed by atoms with Gasteiger partial charge in [-0.25, -0.2) is 14.4 Å². The van der Waals surface area contributed by atoms with E-state index in [9.17, 15) is 14.4 Å². The van der Waals surface area contributed by atoms with Crippen LogP contribution in [-0.2, 0) is 9.53 Å². The lowest BCUT2D eigenvalue weighted by Gasteiger charge is -2.05. The van der Waals surface area contributed by atoms with Crippen LogP contribution in [0.3, 0.4) is 0 Å². The number of fused-ring (bicyclic) bond motifs is 1. The molecule has 1 aromatic carbocycles. The summed E-state index contributed by atoms with van der Waals surface area (Å²) >= 11 is 0. The van der Waals surface area contributed by atoms with Gasteiger partial charge in [0, 0.05) is 17.0 Å². The van der Waals surface area contributed by atoms with Crippen LogP contribution < -0.4 is 10.4 Å². The molecule has 114 valence electrons. The Bertz CT molecular complexity index is 815. The summed E-state index contributed by atoms with van der Waals surface area (Å²) in [5.41, 5.74) is -0.542. The minimum absolute atomic E-state index is 0.159. The number of benzene rings is 1. The molecule has 0 unspecified atom stereocenters. The molecule has 1 heterocycles. The highest BCUT2D eigenvalue weighted by atomic mass is 16.5. The molecular weight excluding hydrogens is 288 g/mol. The third-order valence-electron chi connectivity index (χ3n) is 2.76. The smallest absolute Gasteiger partial charge is 0.351 e. The van der Waals surface area contributed by atoms with Crippen LogP contribution in [-0.4, -0.2) is 18.5 Å². The first-order valence-electron chi connectivity index (χ1n) is 6.55. The van der Waals surface area contributed by atoms with Gasteiger partial charge in [0.25, 0.3) is 0 Å². The highest BCUT2D eigenvalue weighted by molar-refractivity contribution is 5.93. The summed E-state index contributed by atoms with van der Waals surface area (Å²) < 4.78 is 14.9. The van der Waals surface area contributed by atoms with E-state index in [1.54, 1.807) is 13.0 Å². The standard InChI is InChI=1S/C16H14O6/c1-4-20-15(18)12-7-10-5-6-11(21-14(17)9(2)3)8-13(10)22-16(12)19/h5-8H,2,4H2,1,3H3. The van der Waals surface area contributed by atoms with Crippen LogP contribution in [0.25, 0.3) is 11.0 Å². The molecule has 0 saturated heterocycles. The van der Waals surface area contributed by atoms with Gasteiger partial charge in [-0.15, -0.1) is 0 Å². The number of rotatable bonds is 4. The predicted octanol–water partition coefficient (Wildman–Crippen LogP) is 2.45. The maximum Gasteiger partial charge on any atom is 0.351 e. The van der Waals surface area contributed by atoms with Crippen LogP contribution in [0.2, 0.25) is 0 Å². The van der Waals surface area contributed by atoms with Crippen molar-refractivity contribution in [2.45, 2.75) is 13.8 Å². The molecule has 0 aliphatic heterocycles. The third-order valence-corrected chi connectivity index (χ3v) is 2.76. The van der Waals surface area contributed by atoms with Crippen LogP contribution in [0.4, 0.5) is 0 Å². The predicted molar refractivity (Wildman–Crippen MR) is 78.9 cm³/mol. The lowest BCUT2D eigenvalue weighted by Crippen LogP contribution is -2.16. The summed E-state index contributed by atoms with van der Waals surface area (Å²) in [5.74, 6) is -1.10. The van der Waals surface area contributed by atoms with Gasteiger partial charge < -0.3 is 13.9 Å². The molecule has 0 bridgehead atoms. The van der Waals surface area contributed by atoms with Crippen molar-refractivity contribution in [1.82, 2.24) is 0 Å². The van der Waals surface area contributed by atoms with Crippen molar-refractivity contribution in [3.8, 4) is 5.75 Å². The van der Waals surface area contributed by atoms with E-state index in [1.165, 1.54) is 25.1 Å². The Hall–Kier alpha value is -2.89. The second-order valence-electron chi connectivity index (χ2n) is 4.54. The zero-order valence-electron chi connectivity index (χ0n) is 12.2. The topological polar surface area (TPSA) is 82.8 Å². The molecule has 0 amide bonds. The molecule has 0 atom stereocenters. The first kappa shape index (κ1) is 15.5. The summed E-state index contributed by atoms with van der Waals surface area (Å²) in [4.78, 5) is 34.9. The molecule has 0 N–H and O–H groups in total. The monoisotopic (exact) mass is 302 g/mol. The minimum atomic E-state index is -0.811. The van der Waals surface area contributed by atoms with Crippen molar-refractivity contribution in [2.75, 3.05) is 6.61 Å². The summed E-state index contributed by atoms with van der Waals surface area (Å²) in [6.07, 6.45) is 0. The quantitative estimate of drug-likeness (QED) is 0.373. The fourth-order valence-corrected chi connectivity index (χ4v) is 1.70. The van der Waals surface area contributed by atoms with Crippen molar-refractivity contribution in [3.05, 3.63) is 52.4 Å². The van der Waals surface area contributed by atoms with Gasteiger partial charge in [0.1, 0.15) is 16.9 Å². The zero-order chi connectivity index (χ0) is 16.3. The summed E-state index contributed by atoms with van der Waals surface area (Å²) in [6, 6.07) is 5.87. The van der Waals surface area contributed by atoms with Gasteiger partial charge >= 0.3 is 17.6 Å². The number of ether oxygens (including phenoxy) is 2. The first-order chi connectivity index (χ1) is 10.4. The summed E-state index contributed by atoms with van der Waals surface area (Å²) in [6.45, 7) is 6.80. The maximum absolute atomic E-state index is 11.8. The van der Waals surface area contributed by atoms with Crippen LogP contribution >= 0.6 is 0 Å². The fraction of sp³-hybridized carbons (Fsp3) is 0.188. The van der Waals surface area contributed by atoms with Gasteiger partial charge in [-0.3, -0.25) is 0 Å². The van der Waals surface area contributed by atoms with E-state index in [0.717, 1.165) is 0 Å². The highest BCUT2D eigenvalue weighted by Crippen LogP contribution is 2.21. The van der Waals surface area contributed by atoms with Crippen LogP contribution in [0.15, 0.2) is 45.6 Å². The second-order valence-corrected chi connectivity index (χ2v) is 4.54. The van der Waals surface area contributed by atoms with Gasteiger partial charge in [-0.1, -0.05) is 6.58 Å². The molecule has 6 heteroatoms. The highest BCUT2D eigenvalue weighted by Gasteiger charge is 2.15. The Kier molecular flexibility index (Phi) is 4.41. The minimum Gasteiger partial charge on any atom is -0.462 e. The Labute approximate surface area is 125 Å². The van der Waals surface area contributed by atoms with E-state index >= 15 is 0 Å². The normalized spacial score (nSPS) is 10.3. The molecule has 0 aliphatic carbocycles. The molecule has 1 aromatic heterocycles. The molecule has 2 aromatic rings. The fourth-order valence-electron chi connectivity index (χ4n) is 1.70. The van der Waals surface area contributed by atoms with Crippen LogP contribution in [0.1, 0.15) is 24.2 Å². The van der Waals surface area contributed by atoms with E-state index in [1.807, 2.05) is 0 Å². The van der Waals surface area contributed by atoms with Gasteiger partial charge in [0.2, 0.25) is 0 Å². The lowest BCUT2D eigenvalue weighted by molar-refractivity contribution is -0.130. The van der Waals surface area contributed by atoms with Gasteiger partial charge in [0.05, 0.1) is 6.61 Å². The molecule has 0 saturated carbocycles. The average molecular weight is 302 g/mol. The first-order valence-corrected chi connectivity index (χ1v) is 6.55. The summed E-state index contributed by atoms with van der Waals surface area (Å²) in [5, 5.41) is 0.512. The molecule has 0 radical (unpaired) electrons. The van der Waals surface area contributed by atoms with E-state index < -0.39 is 17.6 Å². The molecule has 2 rings (SSSR count). The van der Waals surface area contributed by atoms with Crippen molar-refractivity contribution >= 4 is 22.9 Å². The van der Waals surface area contributed by atoms with Crippen molar-refractivity contribution in [2.24, 2.45) is 0 Å². The van der Waals surface area contributed by atoms with Gasteiger partial charge in [-0.2, -0.15) is 0 Å². The molecule has 0 fully saturated rings. The Morgan fingerprint density at radius 1 is 1.27 bits per heavy atom. The average Bonchev–Trinajstić information content (AvgIpc) is 2.46. The SMILES string of the molecule is C=C(C)C(=O)Oc1ccc2cc(C(=O)OCC)c(=O)oc2c1. The zero-order valence-corrected chi connectivity index (χ0v) is 12.2.